The number of benzene rings is 2. The molecule has 0 spiro atoms. The lowest BCUT2D eigenvalue weighted by molar-refractivity contribution is -0.483. The highest BCUT2D eigenvalue weighted by molar-refractivity contribution is 6.74. The van der Waals surface area contributed by atoms with Crippen molar-refractivity contribution in [3.05, 3.63) is 71.8 Å². The van der Waals surface area contributed by atoms with E-state index in [1.165, 1.54) is 0 Å². The van der Waals surface area contributed by atoms with Crippen LogP contribution in [-0.4, -0.2) is 108 Å². The van der Waals surface area contributed by atoms with E-state index in [1.54, 1.807) is 28.1 Å². The van der Waals surface area contributed by atoms with E-state index in [9.17, 15) is 0 Å². The fourth-order valence-corrected chi connectivity index (χ4v) is 7.93. The molecule has 2 aromatic carbocycles. The van der Waals surface area contributed by atoms with E-state index in [-0.39, 0.29) is 18.3 Å². The molecule has 6 rings (SSSR count). The summed E-state index contributed by atoms with van der Waals surface area (Å²) in [5, 5.41) is 0.000676. The molecule has 4 saturated heterocycles. The van der Waals surface area contributed by atoms with Gasteiger partial charge in [-0.05, 0) is 57.0 Å². The zero-order valence-electron chi connectivity index (χ0n) is 33.2. The van der Waals surface area contributed by atoms with E-state index >= 15 is 0 Å². The predicted octanol–water partition coefficient (Wildman–Crippen LogP) is 6.31. The van der Waals surface area contributed by atoms with Crippen LogP contribution in [0.1, 0.15) is 59.6 Å². The summed E-state index contributed by atoms with van der Waals surface area (Å²) in [5.41, 5.74) is 2.01. The van der Waals surface area contributed by atoms with Gasteiger partial charge in [-0.1, -0.05) is 81.4 Å². The molecule has 2 aromatic rings. The normalized spacial score (nSPS) is 37.0. The van der Waals surface area contributed by atoms with Crippen LogP contribution in [0.15, 0.2) is 60.7 Å². The maximum absolute atomic E-state index is 7.04. The third kappa shape index (κ3) is 8.78. The molecule has 4 fully saturated rings. The zero-order valence-corrected chi connectivity index (χ0v) is 34.2. The van der Waals surface area contributed by atoms with Crippen molar-refractivity contribution in [3.8, 4) is 0 Å². The second-order valence-corrected chi connectivity index (χ2v) is 21.4. The number of methoxy groups -OCH3 is 2. The smallest absolute Gasteiger partial charge is 0.220 e. The summed E-state index contributed by atoms with van der Waals surface area (Å²) < 4.78 is 78.3. The third-order valence-electron chi connectivity index (χ3n) is 11.4. The van der Waals surface area contributed by atoms with Crippen LogP contribution in [0.25, 0.3) is 0 Å². The van der Waals surface area contributed by atoms with Crippen molar-refractivity contribution >= 4 is 8.32 Å². The monoisotopic (exact) mass is 760 g/mol. The molecule has 0 amide bonds. The quantitative estimate of drug-likeness (QED) is 0.202. The van der Waals surface area contributed by atoms with Crippen molar-refractivity contribution in [3.63, 3.8) is 0 Å². The van der Waals surface area contributed by atoms with Gasteiger partial charge >= 0.3 is 0 Å². The van der Waals surface area contributed by atoms with Crippen molar-refractivity contribution < 1.29 is 56.5 Å². The van der Waals surface area contributed by atoms with Gasteiger partial charge in [0.25, 0.3) is 0 Å². The fourth-order valence-electron chi connectivity index (χ4n) is 6.92. The highest BCUT2D eigenvalue weighted by Gasteiger charge is 2.64. The third-order valence-corrected chi connectivity index (χ3v) is 15.9. The van der Waals surface area contributed by atoms with Gasteiger partial charge in [0, 0.05) is 14.2 Å². The van der Waals surface area contributed by atoms with Crippen LogP contribution in [0.2, 0.25) is 18.1 Å². The number of rotatable bonds is 14. The van der Waals surface area contributed by atoms with Crippen molar-refractivity contribution in [2.75, 3.05) is 27.4 Å². The number of hydrogen-bond acceptors (Lipinski definition) is 12. The second kappa shape index (κ2) is 16.0. The predicted molar refractivity (Wildman–Crippen MR) is 197 cm³/mol. The van der Waals surface area contributed by atoms with Crippen LogP contribution in [0.4, 0.5) is 0 Å². The van der Waals surface area contributed by atoms with E-state index in [0.29, 0.717) is 13.2 Å². The minimum absolute atomic E-state index is 0.000676. The minimum Gasteiger partial charge on any atom is -0.414 e. The summed E-state index contributed by atoms with van der Waals surface area (Å²) in [6.45, 7) is 19.5. The Hall–Kier alpha value is -1.82. The van der Waals surface area contributed by atoms with Gasteiger partial charge in [0.1, 0.15) is 42.7 Å². The second-order valence-electron chi connectivity index (χ2n) is 16.6. The summed E-state index contributed by atoms with van der Waals surface area (Å²) in [5.74, 6) is -3.48. The Bertz CT molecular complexity index is 1470. The molecule has 11 atom stereocenters. The first kappa shape index (κ1) is 40.8. The number of ether oxygens (including phenoxy) is 11. The molecule has 4 aliphatic heterocycles. The summed E-state index contributed by atoms with van der Waals surface area (Å²) in [7, 11) is 0.981. The highest BCUT2D eigenvalue weighted by Crippen LogP contribution is 2.47. The summed E-state index contributed by atoms with van der Waals surface area (Å²) in [6.07, 6.45) is -6.18. The molecule has 0 N–H and O–H groups in total. The van der Waals surface area contributed by atoms with Gasteiger partial charge in [0.15, 0.2) is 26.7 Å². The van der Waals surface area contributed by atoms with Gasteiger partial charge in [0.2, 0.25) is 11.6 Å². The molecule has 53 heavy (non-hydrogen) atoms. The molecule has 0 aliphatic carbocycles. The average molecular weight is 761 g/mol. The van der Waals surface area contributed by atoms with Gasteiger partial charge in [-0.25, -0.2) is 0 Å². The lowest BCUT2D eigenvalue weighted by Crippen LogP contribution is -2.73. The van der Waals surface area contributed by atoms with Crippen molar-refractivity contribution in [1.82, 2.24) is 0 Å². The lowest BCUT2D eigenvalue weighted by atomic mass is 9.93. The Morgan fingerprint density at radius 1 is 0.660 bits per heavy atom. The first-order valence-corrected chi connectivity index (χ1v) is 21.6. The molecule has 296 valence electrons. The van der Waals surface area contributed by atoms with Crippen molar-refractivity contribution in [1.29, 1.82) is 0 Å². The maximum Gasteiger partial charge on any atom is 0.220 e. The van der Waals surface area contributed by atoms with Crippen LogP contribution in [-0.2, 0) is 69.7 Å². The average Bonchev–Trinajstić information content (AvgIpc) is 3.59. The fraction of sp³-hybridized carbons (Fsp3) is 0.700. The number of fused-ring (bicyclic) bond motifs is 2. The molecule has 0 aromatic heterocycles. The topological polar surface area (TPSA) is 111 Å². The van der Waals surface area contributed by atoms with Crippen molar-refractivity contribution in [2.24, 2.45) is 0 Å². The first-order chi connectivity index (χ1) is 25.0. The van der Waals surface area contributed by atoms with E-state index in [2.05, 4.69) is 33.9 Å². The Kier molecular flexibility index (Phi) is 12.3. The Labute approximate surface area is 316 Å². The van der Waals surface area contributed by atoms with E-state index in [0.717, 1.165) is 11.1 Å². The zero-order chi connectivity index (χ0) is 38.2. The molecule has 4 aliphatic rings. The van der Waals surface area contributed by atoms with E-state index < -0.39 is 81.0 Å². The summed E-state index contributed by atoms with van der Waals surface area (Å²) >= 11 is 0. The van der Waals surface area contributed by atoms with Gasteiger partial charge in [-0.3, -0.25) is 0 Å². The molecule has 4 heterocycles. The van der Waals surface area contributed by atoms with E-state index in [4.69, 9.17) is 56.5 Å². The first-order valence-electron chi connectivity index (χ1n) is 18.7. The number of hydrogen-bond donors (Lipinski definition) is 0. The molecule has 0 radical (unpaired) electrons. The van der Waals surface area contributed by atoms with Gasteiger partial charge < -0.3 is 56.5 Å². The molecule has 12 nitrogen and oxygen atoms in total. The Morgan fingerprint density at radius 3 is 1.83 bits per heavy atom. The van der Waals surface area contributed by atoms with Crippen LogP contribution in [0, 0.1) is 0 Å². The Morgan fingerprint density at radius 2 is 1.25 bits per heavy atom. The van der Waals surface area contributed by atoms with Gasteiger partial charge in [-0.15, -0.1) is 0 Å². The molecule has 0 bridgehead atoms. The summed E-state index contributed by atoms with van der Waals surface area (Å²) in [6, 6.07) is 19.9. The van der Waals surface area contributed by atoms with Gasteiger partial charge in [0.05, 0.1) is 26.4 Å². The molecule has 13 heteroatoms. The van der Waals surface area contributed by atoms with Crippen LogP contribution in [0.5, 0.6) is 0 Å². The standard InChI is InChI=1S/C40H60O12Si/c1-37(2,3)53(10,11)45-25-29-30(34-36(47-29)52-38(4,5)49-34)48-35-33(44-23-27-20-16-13-17-21-27)32-31(50-39(6,41-8)40(7,42-9)51-32)28(46-35)24-43-22-26-18-14-12-15-19-26/h12-21,28-36H,22-25H2,1-11H3/t28-,29-,30-,31-,32+,33-,34-,35-,36-,39?,40?/m1/s1. The molecule has 0 saturated carbocycles. The maximum atomic E-state index is 7.04. The van der Waals surface area contributed by atoms with E-state index in [1.807, 2.05) is 74.5 Å². The molecular formula is C40H60O12Si. The lowest BCUT2D eigenvalue weighted by Gasteiger charge is -2.57. The summed E-state index contributed by atoms with van der Waals surface area (Å²) in [4.78, 5) is 0. The molecule has 2 unspecified atom stereocenters. The molecular weight excluding hydrogens is 701 g/mol. The highest BCUT2D eigenvalue weighted by atomic mass is 28.4. The SMILES string of the molecule is COC1(C)O[C@@H]2[C@@H](OCc3ccccc3)[C@@H](O[C@H]3[C@H]4OC(C)(C)O[C@H]4O[C@@H]3CO[Si](C)(C)C(C)(C)C)O[C@H](COCc3ccccc3)[C@H]2OC1(C)OC. The van der Waals surface area contributed by atoms with Crippen molar-refractivity contribution in [2.45, 2.75) is 152 Å². The minimum atomic E-state index is -2.15. The Balaban J connectivity index is 1.33. The van der Waals surface area contributed by atoms with Gasteiger partial charge in [-0.2, -0.15) is 0 Å². The van der Waals surface area contributed by atoms with Crippen LogP contribution >= 0.6 is 0 Å². The largest absolute Gasteiger partial charge is 0.414 e. The van der Waals surface area contributed by atoms with Crippen LogP contribution < -0.4 is 0 Å². The van der Waals surface area contributed by atoms with Crippen LogP contribution in [0.3, 0.4) is 0 Å².